The van der Waals surface area contributed by atoms with Crippen molar-refractivity contribution in [1.82, 2.24) is 4.98 Å². The zero-order valence-corrected chi connectivity index (χ0v) is 18.6. The van der Waals surface area contributed by atoms with Gasteiger partial charge in [-0.2, -0.15) is 0 Å². The molecule has 5 nitrogen and oxygen atoms in total. The van der Waals surface area contributed by atoms with Gasteiger partial charge in [0, 0.05) is 5.56 Å². The number of nitrogens with one attached hydrogen (secondary N) is 1. The highest BCUT2D eigenvalue weighted by Gasteiger charge is 2.16. The second-order valence-electron chi connectivity index (χ2n) is 7.75. The smallest absolute Gasteiger partial charge is 0.257 e. The molecule has 0 saturated heterocycles. The molecule has 0 atom stereocenters. The van der Waals surface area contributed by atoms with Gasteiger partial charge in [0.1, 0.15) is 11.3 Å². The number of carbonyl (C=O) groups is 1. The van der Waals surface area contributed by atoms with Gasteiger partial charge in [-0.3, -0.25) is 4.79 Å². The Kier molecular flexibility index (Phi) is 5.70. The van der Waals surface area contributed by atoms with Crippen LogP contribution in [0.2, 0.25) is 5.02 Å². The summed E-state index contributed by atoms with van der Waals surface area (Å²) in [5.74, 6) is 1.08. The van der Waals surface area contributed by atoms with E-state index in [4.69, 9.17) is 20.8 Å². The van der Waals surface area contributed by atoms with Crippen molar-refractivity contribution in [3.8, 4) is 17.2 Å². The summed E-state index contributed by atoms with van der Waals surface area (Å²) < 4.78 is 11.4. The van der Waals surface area contributed by atoms with Gasteiger partial charge in [-0.1, -0.05) is 37.6 Å². The zero-order chi connectivity index (χ0) is 22.1. The molecule has 3 aromatic carbocycles. The van der Waals surface area contributed by atoms with Crippen molar-refractivity contribution in [2.75, 3.05) is 12.4 Å². The maximum absolute atomic E-state index is 12.8. The number of amides is 1. The Bertz CT molecular complexity index is 1280. The molecule has 0 unspecified atom stereocenters. The topological polar surface area (TPSA) is 64.4 Å². The van der Waals surface area contributed by atoms with Crippen LogP contribution in [0.3, 0.4) is 0 Å². The van der Waals surface area contributed by atoms with Gasteiger partial charge < -0.3 is 14.5 Å². The second-order valence-corrected chi connectivity index (χ2v) is 8.16. The minimum atomic E-state index is -0.320. The summed E-state index contributed by atoms with van der Waals surface area (Å²) in [5, 5.41) is 3.28. The lowest BCUT2D eigenvalue weighted by molar-refractivity contribution is 0.102. The molecule has 158 valence electrons. The Morgan fingerprint density at radius 3 is 2.61 bits per heavy atom. The van der Waals surface area contributed by atoms with Crippen LogP contribution in [0, 0.1) is 6.92 Å². The van der Waals surface area contributed by atoms with Crippen LogP contribution in [0.4, 0.5) is 5.69 Å². The van der Waals surface area contributed by atoms with Crippen molar-refractivity contribution >= 4 is 34.3 Å². The molecule has 1 N–H and O–H groups in total. The summed E-state index contributed by atoms with van der Waals surface area (Å²) in [6, 6.07) is 16.7. The lowest BCUT2D eigenvalue weighted by atomic mass is 10.0. The highest BCUT2D eigenvalue weighted by molar-refractivity contribution is 6.34. The quantitative estimate of drug-likeness (QED) is 0.373. The minimum absolute atomic E-state index is 0.320. The number of methoxy groups -OCH3 is 1. The largest absolute Gasteiger partial charge is 0.495 e. The molecule has 0 aliphatic heterocycles. The summed E-state index contributed by atoms with van der Waals surface area (Å²) in [4.78, 5) is 17.5. The van der Waals surface area contributed by atoms with Crippen LogP contribution in [0.15, 0.2) is 59.0 Å². The number of halogens is 1. The lowest BCUT2D eigenvalue weighted by Crippen LogP contribution is -2.13. The average molecular weight is 435 g/mol. The molecule has 0 bridgehead atoms. The Morgan fingerprint density at radius 1 is 1.10 bits per heavy atom. The lowest BCUT2D eigenvalue weighted by Gasteiger charge is -2.12. The average Bonchev–Trinajstić information content (AvgIpc) is 3.17. The number of carbonyl (C=O) groups excluding carboxylic acids is 1. The number of aromatic nitrogens is 1. The van der Waals surface area contributed by atoms with E-state index in [1.54, 1.807) is 31.4 Å². The molecule has 1 heterocycles. The first-order chi connectivity index (χ1) is 14.9. The Morgan fingerprint density at radius 2 is 1.90 bits per heavy atom. The van der Waals surface area contributed by atoms with Crippen LogP contribution in [0.5, 0.6) is 5.75 Å². The standard InChI is InChI=1S/C25H23ClN2O3/c1-14(2)16-6-10-23-21(12-16)28-25(31-23)17-7-9-22(30-4)20(13-17)27-24(29)18-8-5-15(3)11-19(18)26/h5-14H,1-4H3,(H,27,29). The third-order valence-electron chi connectivity index (χ3n) is 5.14. The van der Waals surface area contributed by atoms with Gasteiger partial charge in [-0.15, -0.1) is 0 Å². The number of oxazole rings is 1. The number of hydrogen-bond donors (Lipinski definition) is 1. The van der Waals surface area contributed by atoms with Crippen LogP contribution >= 0.6 is 11.6 Å². The fraction of sp³-hybridized carbons (Fsp3) is 0.200. The van der Waals surface area contributed by atoms with E-state index in [0.29, 0.717) is 39.4 Å². The number of nitrogens with zero attached hydrogens (tertiary/aromatic N) is 1. The minimum Gasteiger partial charge on any atom is -0.495 e. The van der Waals surface area contributed by atoms with Crippen LogP contribution in [-0.4, -0.2) is 18.0 Å². The summed E-state index contributed by atoms with van der Waals surface area (Å²) in [5.41, 5.74) is 5.33. The van der Waals surface area contributed by atoms with Gasteiger partial charge in [-0.05, 0) is 66.4 Å². The van der Waals surface area contributed by atoms with E-state index in [1.807, 2.05) is 37.3 Å². The van der Waals surface area contributed by atoms with Crippen molar-refractivity contribution in [3.05, 3.63) is 76.3 Å². The van der Waals surface area contributed by atoms with Crippen LogP contribution in [0.1, 0.15) is 41.3 Å². The normalized spacial score (nSPS) is 11.2. The van der Waals surface area contributed by atoms with E-state index >= 15 is 0 Å². The number of aryl methyl sites for hydroxylation is 1. The molecule has 0 saturated carbocycles. The predicted molar refractivity (Wildman–Crippen MR) is 124 cm³/mol. The first kappa shape index (κ1) is 20.9. The Balaban J connectivity index is 1.69. The van der Waals surface area contributed by atoms with Crippen LogP contribution in [-0.2, 0) is 0 Å². The molecule has 0 spiro atoms. The van der Waals surface area contributed by atoms with Crippen molar-refractivity contribution in [2.45, 2.75) is 26.7 Å². The molecule has 0 aliphatic rings. The van der Waals surface area contributed by atoms with Crippen LogP contribution < -0.4 is 10.1 Å². The van der Waals surface area contributed by atoms with Gasteiger partial charge in [0.25, 0.3) is 5.91 Å². The van der Waals surface area contributed by atoms with E-state index in [-0.39, 0.29) is 5.91 Å². The maximum Gasteiger partial charge on any atom is 0.257 e. The molecule has 0 aliphatic carbocycles. The highest BCUT2D eigenvalue weighted by atomic mass is 35.5. The van der Waals surface area contributed by atoms with Gasteiger partial charge in [-0.25, -0.2) is 4.98 Å². The second kappa shape index (κ2) is 8.44. The number of ether oxygens (including phenoxy) is 1. The molecule has 4 rings (SSSR count). The van der Waals surface area contributed by atoms with E-state index in [9.17, 15) is 4.79 Å². The summed E-state index contributed by atoms with van der Waals surface area (Å²) in [6.07, 6.45) is 0. The molecule has 0 radical (unpaired) electrons. The zero-order valence-electron chi connectivity index (χ0n) is 17.8. The van der Waals surface area contributed by atoms with E-state index in [0.717, 1.165) is 16.6 Å². The first-order valence-electron chi connectivity index (χ1n) is 10.0. The molecule has 4 aromatic rings. The molecular formula is C25H23ClN2O3. The highest BCUT2D eigenvalue weighted by Crippen LogP contribution is 2.33. The number of anilines is 1. The van der Waals surface area contributed by atoms with Gasteiger partial charge >= 0.3 is 0 Å². The van der Waals surface area contributed by atoms with Crippen LogP contribution in [0.25, 0.3) is 22.6 Å². The fourth-order valence-corrected chi connectivity index (χ4v) is 3.68. The summed E-state index contributed by atoms with van der Waals surface area (Å²) in [6.45, 7) is 6.20. The van der Waals surface area contributed by atoms with Gasteiger partial charge in [0.05, 0.1) is 23.4 Å². The van der Waals surface area contributed by atoms with Gasteiger partial charge in [0.15, 0.2) is 5.58 Å². The van der Waals surface area contributed by atoms with E-state index < -0.39 is 0 Å². The maximum atomic E-state index is 12.8. The third kappa shape index (κ3) is 4.28. The monoisotopic (exact) mass is 434 g/mol. The van der Waals surface area contributed by atoms with Crippen molar-refractivity contribution in [3.63, 3.8) is 0 Å². The van der Waals surface area contributed by atoms with Gasteiger partial charge in [0.2, 0.25) is 5.89 Å². The third-order valence-corrected chi connectivity index (χ3v) is 5.45. The van der Waals surface area contributed by atoms with Crippen molar-refractivity contribution in [1.29, 1.82) is 0 Å². The molecule has 31 heavy (non-hydrogen) atoms. The SMILES string of the molecule is COc1ccc(-c2nc3cc(C(C)C)ccc3o2)cc1NC(=O)c1ccc(C)cc1Cl. The predicted octanol–water partition coefficient (Wildman–Crippen LogP) is 6.84. The fourth-order valence-electron chi connectivity index (χ4n) is 3.36. The van der Waals surface area contributed by atoms with E-state index in [1.165, 1.54) is 5.56 Å². The molecule has 1 aromatic heterocycles. The number of rotatable bonds is 5. The molecule has 6 heteroatoms. The summed E-state index contributed by atoms with van der Waals surface area (Å²) in [7, 11) is 1.55. The number of hydrogen-bond acceptors (Lipinski definition) is 4. The van der Waals surface area contributed by atoms with Crippen molar-refractivity contribution < 1.29 is 13.9 Å². The number of benzene rings is 3. The Hall–Kier alpha value is -3.31. The Labute approximate surface area is 186 Å². The molecule has 1 amide bonds. The number of fused-ring (bicyclic) bond motifs is 1. The van der Waals surface area contributed by atoms with Crippen molar-refractivity contribution in [2.24, 2.45) is 0 Å². The van der Waals surface area contributed by atoms with E-state index in [2.05, 4.69) is 24.1 Å². The molecule has 0 fully saturated rings. The first-order valence-corrected chi connectivity index (χ1v) is 10.4. The molecular weight excluding hydrogens is 412 g/mol. The summed E-state index contributed by atoms with van der Waals surface area (Å²) >= 11 is 6.25.